The number of benzene rings is 1. The van der Waals surface area contributed by atoms with Gasteiger partial charge in [0.2, 0.25) is 0 Å². The van der Waals surface area contributed by atoms with Gasteiger partial charge in [0.1, 0.15) is 12.4 Å². The highest BCUT2D eigenvalue weighted by Gasteiger charge is 2.02. The van der Waals surface area contributed by atoms with Gasteiger partial charge in [0.05, 0.1) is 6.10 Å². The Morgan fingerprint density at radius 1 is 1.24 bits per heavy atom. The fraction of sp³-hybridized carbons (Fsp3) is 0.571. The van der Waals surface area contributed by atoms with Crippen molar-refractivity contribution < 1.29 is 9.84 Å². The number of hydrogen-bond acceptors (Lipinski definition) is 3. The van der Waals surface area contributed by atoms with Crippen molar-refractivity contribution in [2.45, 2.75) is 33.3 Å². The third-order valence-corrected chi connectivity index (χ3v) is 2.67. The van der Waals surface area contributed by atoms with Crippen LogP contribution < -0.4 is 10.1 Å². The van der Waals surface area contributed by atoms with E-state index < -0.39 is 0 Å². The van der Waals surface area contributed by atoms with Gasteiger partial charge in [0, 0.05) is 6.54 Å². The van der Waals surface area contributed by atoms with Crippen LogP contribution in [0.3, 0.4) is 0 Å². The summed E-state index contributed by atoms with van der Waals surface area (Å²) in [5.41, 5.74) is 2.35. The van der Waals surface area contributed by atoms with Gasteiger partial charge in [-0.25, -0.2) is 0 Å². The predicted molar refractivity (Wildman–Crippen MR) is 70.6 cm³/mol. The van der Waals surface area contributed by atoms with E-state index in [-0.39, 0.29) is 6.10 Å². The predicted octanol–water partition coefficient (Wildman–Crippen LogP) is 2.04. The Morgan fingerprint density at radius 3 is 2.47 bits per heavy atom. The van der Waals surface area contributed by atoms with Crippen LogP contribution in [0.4, 0.5) is 0 Å². The van der Waals surface area contributed by atoms with Crippen molar-refractivity contribution in [3.8, 4) is 5.75 Å². The summed E-state index contributed by atoms with van der Waals surface area (Å²) in [6.45, 7) is 8.21. The number of hydrogen-bond donors (Lipinski definition) is 2. The summed E-state index contributed by atoms with van der Waals surface area (Å²) in [5, 5.41) is 12.3. The highest BCUT2D eigenvalue weighted by Crippen LogP contribution is 2.21. The van der Waals surface area contributed by atoms with E-state index in [0.29, 0.717) is 6.61 Å². The molecule has 1 aromatic carbocycles. The van der Waals surface area contributed by atoms with Crippen LogP contribution in [0.25, 0.3) is 0 Å². The smallest absolute Gasteiger partial charge is 0.125 e. The Kier molecular flexibility index (Phi) is 6.01. The number of aliphatic hydroxyl groups excluding tert-OH is 1. The van der Waals surface area contributed by atoms with Crippen molar-refractivity contribution in [3.05, 3.63) is 29.3 Å². The number of para-hydroxylation sites is 1. The largest absolute Gasteiger partial charge is 0.492 e. The number of aryl methyl sites for hydroxylation is 2. The quantitative estimate of drug-likeness (QED) is 0.713. The summed E-state index contributed by atoms with van der Waals surface area (Å²) in [6.07, 6.45) is 0.547. The number of aliphatic hydroxyl groups is 1. The van der Waals surface area contributed by atoms with Gasteiger partial charge in [-0.15, -0.1) is 0 Å². The molecule has 0 amide bonds. The summed E-state index contributed by atoms with van der Waals surface area (Å²) >= 11 is 0. The Bertz CT molecular complexity index is 317. The number of nitrogens with one attached hydrogen (secondary N) is 1. The molecule has 0 aromatic heterocycles. The SMILES string of the molecule is Cc1cccc(C)c1OCCNCCC(C)O. The summed E-state index contributed by atoms with van der Waals surface area (Å²) < 4.78 is 5.75. The molecule has 0 aliphatic rings. The Morgan fingerprint density at radius 2 is 1.88 bits per heavy atom. The van der Waals surface area contributed by atoms with E-state index in [1.807, 2.05) is 6.07 Å². The van der Waals surface area contributed by atoms with Gasteiger partial charge in [-0.1, -0.05) is 18.2 Å². The lowest BCUT2D eigenvalue weighted by Crippen LogP contribution is -2.24. The molecule has 3 nitrogen and oxygen atoms in total. The fourth-order valence-electron chi connectivity index (χ4n) is 1.69. The zero-order valence-electron chi connectivity index (χ0n) is 11.0. The maximum atomic E-state index is 9.09. The molecule has 96 valence electrons. The second kappa shape index (κ2) is 7.30. The van der Waals surface area contributed by atoms with Gasteiger partial charge >= 0.3 is 0 Å². The first-order valence-electron chi connectivity index (χ1n) is 6.19. The molecule has 0 bridgehead atoms. The lowest BCUT2D eigenvalue weighted by atomic mass is 10.1. The van der Waals surface area contributed by atoms with E-state index in [1.165, 1.54) is 11.1 Å². The lowest BCUT2D eigenvalue weighted by Gasteiger charge is -2.12. The summed E-state index contributed by atoms with van der Waals surface area (Å²) in [7, 11) is 0. The topological polar surface area (TPSA) is 41.5 Å². The molecule has 0 saturated carbocycles. The first-order valence-corrected chi connectivity index (χ1v) is 6.19. The van der Waals surface area contributed by atoms with E-state index >= 15 is 0 Å². The molecule has 0 saturated heterocycles. The second-order valence-corrected chi connectivity index (χ2v) is 4.46. The molecule has 1 aromatic rings. The molecular weight excluding hydrogens is 214 g/mol. The third-order valence-electron chi connectivity index (χ3n) is 2.67. The minimum atomic E-state index is -0.234. The standard InChI is InChI=1S/C14H23NO2/c1-11-5-4-6-12(2)14(11)17-10-9-15-8-7-13(3)16/h4-6,13,15-16H,7-10H2,1-3H3. The maximum Gasteiger partial charge on any atom is 0.125 e. The zero-order valence-corrected chi connectivity index (χ0v) is 11.0. The normalized spacial score (nSPS) is 12.5. The minimum Gasteiger partial charge on any atom is -0.492 e. The first-order chi connectivity index (χ1) is 8.11. The van der Waals surface area contributed by atoms with Crippen molar-refractivity contribution >= 4 is 0 Å². The Balaban J connectivity index is 2.22. The maximum absolute atomic E-state index is 9.09. The fourth-order valence-corrected chi connectivity index (χ4v) is 1.69. The summed E-state index contributed by atoms with van der Waals surface area (Å²) in [5.74, 6) is 0.991. The summed E-state index contributed by atoms with van der Waals surface area (Å²) in [4.78, 5) is 0. The second-order valence-electron chi connectivity index (χ2n) is 4.46. The molecule has 1 unspecified atom stereocenters. The Hall–Kier alpha value is -1.06. The molecule has 0 heterocycles. The van der Waals surface area contributed by atoms with E-state index in [1.54, 1.807) is 6.92 Å². The van der Waals surface area contributed by atoms with Crippen LogP contribution in [-0.4, -0.2) is 30.9 Å². The van der Waals surface area contributed by atoms with E-state index in [0.717, 1.165) is 25.3 Å². The van der Waals surface area contributed by atoms with Gasteiger partial charge < -0.3 is 15.2 Å². The molecule has 17 heavy (non-hydrogen) atoms. The van der Waals surface area contributed by atoms with Crippen molar-refractivity contribution in [2.24, 2.45) is 0 Å². The molecule has 0 aliphatic heterocycles. The molecule has 0 aliphatic carbocycles. The van der Waals surface area contributed by atoms with Crippen LogP contribution in [0, 0.1) is 13.8 Å². The van der Waals surface area contributed by atoms with Crippen molar-refractivity contribution in [1.82, 2.24) is 5.32 Å². The third kappa shape index (κ3) is 5.20. The average Bonchev–Trinajstić information content (AvgIpc) is 2.26. The lowest BCUT2D eigenvalue weighted by molar-refractivity contribution is 0.182. The first kappa shape index (κ1) is 14.0. The average molecular weight is 237 g/mol. The van der Waals surface area contributed by atoms with Gasteiger partial charge in [-0.2, -0.15) is 0 Å². The van der Waals surface area contributed by atoms with Crippen molar-refractivity contribution in [1.29, 1.82) is 0 Å². The van der Waals surface area contributed by atoms with Gasteiger partial charge in [-0.05, 0) is 44.9 Å². The van der Waals surface area contributed by atoms with E-state index in [2.05, 4.69) is 31.3 Å². The monoisotopic (exact) mass is 237 g/mol. The molecule has 0 radical (unpaired) electrons. The molecule has 0 spiro atoms. The van der Waals surface area contributed by atoms with Crippen LogP contribution in [0.1, 0.15) is 24.5 Å². The number of ether oxygens (including phenoxy) is 1. The van der Waals surface area contributed by atoms with Crippen LogP contribution in [0.2, 0.25) is 0 Å². The van der Waals surface area contributed by atoms with Gasteiger partial charge in [-0.3, -0.25) is 0 Å². The van der Waals surface area contributed by atoms with Crippen LogP contribution in [-0.2, 0) is 0 Å². The van der Waals surface area contributed by atoms with Crippen molar-refractivity contribution in [2.75, 3.05) is 19.7 Å². The molecule has 1 atom stereocenters. The molecular formula is C14H23NO2. The van der Waals surface area contributed by atoms with Gasteiger partial charge in [0.25, 0.3) is 0 Å². The van der Waals surface area contributed by atoms with Gasteiger partial charge in [0.15, 0.2) is 0 Å². The summed E-state index contributed by atoms with van der Waals surface area (Å²) in [6, 6.07) is 6.16. The van der Waals surface area contributed by atoms with Crippen LogP contribution in [0.15, 0.2) is 18.2 Å². The van der Waals surface area contributed by atoms with Crippen LogP contribution in [0.5, 0.6) is 5.75 Å². The molecule has 0 fully saturated rings. The van der Waals surface area contributed by atoms with E-state index in [4.69, 9.17) is 9.84 Å². The molecule has 3 heteroatoms. The number of rotatable bonds is 7. The van der Waals surface area contributed by atoms with E-state index in [9.17, 15) is 0 Å². The van der Waals surface area contributed by atoms with Crippen molar-refractivity contribution in [3.63, 3.8) is 0 Å². The highest BCUT2D eigenvalue weighted by atomic mass is 16.5. The zero-order chi connectivity index (χ0) is 12.7. The van der Waals surface area contributed by atoms with Crippen LogP contribution >= 0.6 is 0 Å². The molecule has 1 rings (SSSR count). The Labute approximate surface area is 104 Å². The molecule has 2 N–H and O–H groups in total. The minimum absolute atomic E-state index is 0.234. The highest BCUT2D eigenvalue weighted by molar-refractivity contribution is 5.39.